The summed E-state index contributed by atoms with van der Waals surface area (Å²) in [6.07, 6.45) is 0.465. The van der Waals surface area contributed by atoms with Crippen molar-refractivity contribution in [3.05, 3.63) is 35.6 Å². The van der Waals surface area contributed by atoms with Gasteiger partial charge in [-0.05, 0) is 52.3 Å². The Bertz CT molecular complexity index is 666. The molecule has 1 aromatic rings. The van der Waals surface area contributed by atoms with Crippen LogP contribution in [0.1, 0.15) is 53.0 Å². The molecular formula is C19H27FN2O3. The number of ether oxygens (including phenoxy) is 1. The summed E-state index contributed by atoms with van der Waals surface area (Å²) < 4.78 is 18.9. The van der Waals surface area contributed by atoms with Crippen molar-refractivity contribution in [3.63, 3.8) is 0 Å². The van der Waals surface area contributed by atoms with Gasteiger partial charge in [-0.15, -0.1) is 0 Å². The van der Waals surface area contributed by atoms with E-state index in [1.54, 1.807) is 19.1 Å². The molecule has 1 atom stereocenters. The third-order valence-electron chi connectivity index (χ3n) is 5.28. The van der Waals surface area contributed by atoms with Gasteiger partial charge in [-0.3, -0.25) is 4.90 Å². The van der Waals surface area contributed by atoms with Gasteiger partial charge >= 0.3 is 6.09 Å². The zero-order valence-corrected chi connectivity index (χ0v) is 15.5. The van der Waals surface area contributed by atoms with Crippen LogP contribution >= 0.6 is 0 Å². The van der Waals surface area contributed by atoms with Crippen LogP contribution in [0.25, 0.3) is 0 Å². The van der Waals surface area contributed by atoms with E-state index in [2.05, 4.69) is 5.32 Å². The first-order valence-electron chi connectivity index (χ1n) is 8.63. The molecular weight excluding hydrogens is 323 g/mol. The molecule has 138 valence electrons. The number of rotatable bonds is 2. The maximum atomic E-state index is 13.1. The fourth-order valence-electron chi connectivity index (χ4n) is 4.64. The van der Waals surface area contributed by atoms with Crippen LogP contribution < -0.4 is 5.32 Å². The molecule has 1 amide bonds. The largest absolute Gasteiger partial charge is 0.437 e. The van der Waals surface area contributed by atoms with Crippen LogP contribution in [0, 0.1) is 5.82 Å². The highest BCUT2D eigenvalue weighted by atomic mass is 19.1. The van der Waals surface area contributed by atoms with Gasteiger partial charge in [0.25, 0.3) is 0 Å². The highest BCUT2D eigenvalue weighted by Gasteiger charge is 2.66. The summed E-state index contributed by atoms with van der Waals surface area (Å²) in [6.45, 7) is 9.98. The lowest BCUT2D eigenvalue weighted by atomic mass is 9.68. The third-order valence-corrected chi connectivity index (χ3v) is 5.28. The Morgan fingerprint density at radius 1 is 1.12 bits per heavy atom. The van der Waals surface area contributed by atoms with E-state index in [0.717, 1.165) is 5.56 Å². The number of nitrogens with one attached hydrogen (secondary N) is 1. The lowest BCUT2D eigenvalue weighted by Crippen LogP contribution is -2.70. The molecule has 1 aromatic carbocycles. The zero-order valence-electron chi connectivity index (χ0n) is 15.5. The van der Waals surface area contributed by atoms with Gasteiger partial charge < -0.3 is 15.2 Å². The van der Waals surface area contributed by atoms with Crippen LogP contribution in [0.15, 0.2) is 24.3 Å². The van der Waals surface area contributed by atoms with Gasteiger partial charge in [0, 0.05) is 23.9 Å². The van der Waals surface area contributed by atoms with E-state index in [-0.39, 0.29) is 23.4 Å². The number of hydrogen-bond donors (Lipinski definition) is 2. The summed E-state index contributed by atoms with van der Waals surface area (Å²) in [4.78, 5) is 14.0. The predicted molar refractivity (Wildman–Crippen MR) is 92.3 cm³/mol. The first-order chi connectivity index (χ1) is 11.4. The number of hydrogen-bond acceptors (Lipinski definition) is 4. The quantitative estimate of drug-likeness (QED) is 0.860. The van der Waals surface area contributed by atoms with Gasteiger partial charge in [0.15, 0.2) is 11.3 Å². The molecule has 2 saturated heterocycles. The fourth-order valence-corrected chi connectivity index (χ4v) is 4.64. The van der Waals surface area contributed by atoms with Crippen molar-refractivity contribution in [2.75, 3.05) is 0 Å². The summed E-state index contributed by atoms with van der Waals surface area (Å²) in [7, 11) is 0. The van der Waals surface area contributed by atoms with Crippen LogP contribution in [-0.4, -0.2) is 38.5 Å². The molecule has 0 radical (unpaired) electrons. The first-order valence-corrected chi connectivity index (χ1v) is 8.63. The van der Waals surface area contributed by atoms with Crippen molar-refractivity contribution in [1.82, 2.24) is 10.2 Å². The zero-order chi connectivity index (χ0) is 18.7. The first kappa shape index (κ1) is 18.1. The van der Waals surface area contributed by atoms with Crippen molar-refractivity contribution in [2.24, 2.45) is 0 Å². The van der Waals surface area contributed by atoms with E-state index in [1.165, 1.54) is 17.0 Å². The van der Waals surface area contributed by atoms with Crippen molar-refractivity contribution in [2.45, 2.75) is 76.4 Å². The molecule has 5 nitrogen and oxygen atoms in total. The lowest BCUT2D eigenvalue weighted by molar-refractivity contribution is -0.182. The number of halogens is 1. The summed E-state index contributed by atoms with van der Waals surface area (Å²) >= 11 is 0. The third kappa shape index (κ3) is 3.13. The Kier molecular flexibility index (Phi) is 3.93. The summed E-state index contributed by atoms with van der Waals surface area (Å²) in [5.41, 5.74) is -2.31. The van der Waals surface area contributed by atoms with Gasteiger partial charge in [0.1, 0.15) is 5.82 Å². The van der Waals surface area contributed by atoms with Crippen molar-refractivity contribution >= 4 is 6.09 Å². The molecule has 0 bridgehead atoms. The van der Waals surface area contributed by atoms with E-state index in [9.17, 15) is 14.3 Å². The normalized spacial score (nSPS) is 29.7. The van der Waals surface area contributed by atoms with Crippen molar-refractivity contribution < 1.29 is 19.0 Å². The molecule has 3 rings (SSSR count). The van der Waals surface area contributed by atoms with E-state index in [1.807, 2.05) is 27.7 Å². The second-order valence-electron chi connectivity index (χ2n) is 8.84. The van der Waals surface area contributed by atoms with Crippen LogP contribution in [0.5, 0.6) is 0 Å². The number of carbonyl (C=O) groups is 1. The SMILES string of the molecule is CC1(C)CC2(CC(C)(C)N1)OC(=O)N(Cc1ccc(F)cc1)[C@]2(C)O. The van der Waals surface area contributed by atoms with Crippen LogP contribution in [0.4, 0.5) is 9.18 Å². The molecule has 0 unspecified atom stereocenters. The summed E-state index contributed by atoms with van der Waals surface area (Å²) in [5.74, 6) is -0.335. The van der Waals surface area contributed by atoms with Crippen LogP contribution in [-0.2, 0) is 11.3 Å². The average molecular weight is 350 g/mol. The second-order valence-corrected chi connectivity index (χ2v) is 8.84. The number of aliphatic hydroxyl groups is 1. The monoisotopic (exact) mass is 350 g/mol. The number of nitrogens with zero attached hydrogens (tertiary/aromatic N) is 1. The highest BCUT2D eigenvalue weighted by Crippen LogP contribution is 2.50. The molecule has 2 aliphatic rings. The number of amides is 1. The smallest absolute Gasteiger partial charge is 0.413 e. The minimum atomic E-state index is -1.46. The topological polar surface area (TPSA) is 61.8 Å². The van der Waals surface area contributed by atoms with Gasteiger partial charge in [0.2, 0.25) is 0 Å². The fraction of sp³-hybridized carbons (Fsp3) is 0.632. The molecule has 25 heavy (non-hydrogen) atoms. The molecule has 2 heterocycles. The maximum Gasteiger partial charge on any atom is 0.413 e. The standard InChI is InChI=1S/C19H27FN2O3/c1-16(2)11-19(12-17(3,4)21-16)18(5,24)22(15(23)25-19)10-13-6-8-14(20)9-7-13/h6-9,21,24H,10-12H2,1-5H3/t18-/m1/s1. The molecule has 0 aromatic heterocycles. The van der Waals surface area contributed by atoms with Gasteiger partial charge in [-0.2, -0.15) is 0 Å². The van der Waals surface area contributed by atoms with Gasteiger partial charge in [-0.25, -0.2) is 9.18 Å². The summed E-state index contributed by atoms with van der Waals surface area (Å²) in [6, 6.07) is 5.91. The Hall–Kier alpha value is -1.66. The number of benzene rings is 1. The Balaban J connectivity index is 1.93. The van der Waals surface area contributed by atoms with Crippen molar-refractivity contribution in [1.29, 1.82) is 0 Å². The molecule has 0 aliphatic carbocycles. The van der Waals surface area contributed by atoms with Crippen LogP contribution in [0.2, 0.25) is 0 Å². The minimum absolute atomic E-state index is 0.169. The van der Waals surface area contributed by atoms with Gasteiger partial charge in [0.05, 0.1) is 6.54 Å². The average Bonchev–Trinajstić information content (AvgIpc) is 2.57. The van der Waals surface area contributed by atoms with E-state index >= 15 is 0 Å². The van der Waals surface area contributed by atoms with E-state index in [0.29, 0.717) is 12.8 Å². The molecule has 6 heteroatoms. The Morgan fingerprint density at radius 2 is 1.64 bits per heavy atom. The second kappa shape index (κ2) is 5.42. The van der Waals surface area contributed by atoms with Crippen LogP contribution in [0.3, 0.4) is 0 Å². The molecule has 1 spiro atoms. The van der Waals surface area contributed by atoms with Crippen molar-refractivity contribution in [3.8, 4) is 0 Å². The molecule has 2 aliphatic heterocycles. The number of piperidine rings is 1. The maximum absolute atomic E-state index is 13.1. The number of carbonyl (C=O) groups excluding carboxylic acids is 1. The van der Waals surface area contributed by atoms with E-state index in [4.69, 9.17) is 4.74 Å². The van der Waals surface area contributed by atoms with Gasteiger partial charge in [-0.1, -0.05) is 12.1 Å². The lowest BCUT2D eigenvalue weighted by Gasteiger charge is -2.54. The Morgan fingerprint density at radius 3 is 2.16 bits per heavy atom. The Labute approximate surface area is 148 Å². The molecule has 0 saturated carbocycles. The highest BCUT2D eigenvalue weighted by molar-refractivity contribution is 5.72. The predicted octanol–water partition coefficient (Wildman–Crippen LogP) is 3.17. The van der Waals surface area contributed by atoms with E-state index < -0.39 is 17.4 Å². The molecule has 2 fully saturated rings. The minimum Gasteiger partial charge on any atom is -0.437 e. The summed E-state index contributed by atoms with van der Waals surface area (Å²) in [5, 5.41) is 14.9. The molecule has 2 N–H and O–H groups in total.